The maximum Gasteiger partial charge on any atom is 0.221 e. The zero-order valence-electron chi connectivity index (χ0n) is 9.95. The minimum Gasteiger partial charge on any atom is -0.396 e. The lowest BCUT2D eigenvalue weighted by molar-refractivity contribution is -0.114. The maximum atomic E-state index is 11.0. The molecule has 1 aromatic carbocycles. The van der Waals surface area contributed by atoms with Gasteiger partial charge in [0.05, 0.1) is 6.61 Å². The Hall–Kier alpha value is -1.81. The largest absolute Gasteiger partial charge is 0.396 e. The molecule has 2 aromatic rings. The molecule has 0 aliphatic heterocycles. The van der Waals surface area contributed by atoms with Crippen molar-refractivity contribution in [2.24, 2.45) is 0 Å². The topological polar surface area (TPSA) is 65.1 Å². The first-order valence-electron chi connectivity index (χ1n) is 5.61. The molecule has 0 fully saturated rings. The van der Waals surface area contributed by atoms with E-state index in [-0.39, 0.29) is 18.4 Å². The molecule has 0 bridgehead atoms. The number of anilines is 1. The molecule has 0 aliphatic carbocycles. The number of aromatic nitrogens is 1. The van der Waals surface area contributed by atoms with Crippen LogP contribution in [0.5, 0.6) is 0 Å². The summed E-state index contributed by atoms with van der Waals surface area (Å²) in [6.07, 6.45) is 0. The standard InChI is InChI=1S/C13H16N2O2/c1-8(7-16)13-6-10-5-11(14-9(2)17)3-4-12(10)15-13/h3-6,8,15-16H,7H2,1-2H3,(H,14,17). The number of carbonyl (C=O) groups is 1. The summed E-state index contributed by atoms with van der Waals surface area (Å²) in [5, 5.41) is 12.9. The molecule has 0 radical (unpaired) electrons. The van der Waals surface area contributed by atoms with Crippen LogP contribution in [0.15, 0.2) is 24.3 Å². The van der Waals surface area contributed by atoms with Crippen LogP contribution >= 0.6 is 0 Å². The number of H-pyrrole nitrogens is 1. The number of rotatable bonds is 3. The SMILES string of the molecule is CC(=O)Nc1ccc2[nH]c(C(C)CO)cc2c1. The number of amides is 1. The summed E-state index contributed by atoms with van der Waals surface area (Å²) >= 11 is 0. The van der Waals surface area contributed by atoms with E-state index in [1.807, 2.05) is 31.2 Å². The normalized spacial score (nSPS) is 12.6. The molecule has 1 amide bonds. The van der Waals surface area contributed by atoms with E-state index in [2.05, 4.69) is 10.3 Å². The van der Waals surface area contributed by atoms with Crippen LogP contribution in [0.25, 0.3) is 10.9 Å². The van der Waals surface area contributed by atoms with Gasteiger partial charge in [-0.05, 0) is 24.3 Å². The van der Waals surface area contributed by atoms with E-state index >= 15 is 0 Å². The number of hydrogen-bond acceptors (Lipinski definition) is 2. The van der Waals surface area contributed by atoms with E-state index < -0.39 is 0 Å². The fourth-order valence-corrected chi connectivity index (χ4v) is 1.80. The van der Waals surface area contributed by atoms with Crippen LogP contribution in [-0.4, -0.2) is 22.6 Å². The zero-order chi connectivity index (χ0) is 12.4. The molecule has 1 atom stereocenters. The second-order valence-electron chi connectivity index (χ2n) is 4.29. The summed E-state index contributed by atoms with van der Waals surface area (Å²) in [5.74, 6) is 0.00968. The summed E-state index contributed by atoms with van der Waals surface area (Å²) < 4.78 is 0. The highest BCUT2D eigenvalue weighted by molar-refractivity contribution is 5.92. The van der Waals surface area contributed by atoms with Crippen LogP contribution < -0.4 is 5.32 Å². The lowest BCUT2D eigenvalue weighted by Crippen LogP contribution is -2.05. The minimum atomic E-state index is -0.0798. The third-order valence-corrected chi connectivity index (χ3v) is 2.77. The third kappa shape index (κ3) is 2.47. The Bertz CT molecular complexity index is 545. The summed E-state index contributed by atoms with van der Waals surface area (Å²) in [6, 6.07) is 7.70. The number of nitrogens with one attached hydrogen (secondary N) is 2. The molecule has 2 rings (SSSR count). The number of aliphatic hydroxyl groups is 1. The highest BCUT2D eigenvalue weighted by Gasteiger charge is 2.08. The number of aliphatic hydroxyl groups excluding tert-OH is 1. The Labute approximate surface area is 99.7 Å². The maximum absolute atomic E-state index is 11.0. The number of carbonyl (C=O) groups excluding carboxylic acids is 1. The first kappa shape index (κ1) is 11.7. The van der Waals surface area contributed by atoms with E-state index in [1.165, 1.54) is 6.92 Å². The smallest absolute Gasteiger partial charge is 0.221 e. The van der Waals surface area contributed by atoms with Crippen molar-refractivity contribution in [1.29, 1.82) is 0 Å². The molecule has 4 nitrogen and oxygen atoms in total. The van der Waals surface area contributed by atoms with Gasteiger partial charge in [0, 0.05) is 35.1 Å². The van der Waals surface area contributed by atoms with Crippen molar-refractivity contribution >= 4 is 22.5 Å². The van der Waals surface area contributed by atoms with E-state index in [1.54, 1.807) is 0 Å². The Morgan fingerprint density at radius 3 is 2.88 bits per heavy atom. The van der Waals surface area contributed by atoms with Crippen molar-refractivity contribution in [2.45, 2.75) is 19.8 Å². The average Bonchev–Trinajstić information content (AvgIpc) is 2.70. The van der Waals surface area contributed by atoms with Crippen LogP contribution in [0.1, 0.15) is 25.5 Å². The van der Waals surface area contributed by atoms with Gasteiger partial charge in [-0.3, -0.25) is 4.79 Å². The van der Waals surface area contributed by atoms with Crippen LogP contribution in [0, 0.1) is 0 Å². The number of aromatic amines is 1. The van der Waals surface area contributed by atoms with E-state index in [9.17, 15) is 4.79 Å². The van der Waals surface area contributed by atoms with Gasteiger partial charge in [0.1, 0.15) is 0 Å². The van der Waals surface area contributed by atoms with Gasteiger partial charge >= 0.3 is 0 Å². The van der Waals surface area contributed by atoms with Crippen molar-refractivity contribution in [3.63, 3.8) is 0 Å². The molecule has 90 valence electrons. The van der Waals surface area contributed by atoms with E-state index in [4.69, 9.17) is 5.11 Å². The molecule has 1 aromatic heterocycles. The number of fused-ring (bicyclic) bond motifs is 1. The fourth-order valence-electron chi connectivity index (χ4n) is 1.80. The molecule has 17 heavy (non-hydrogen) atoms. The predicted octanol–water partition coefficient (Wildman–Crippen LogP) is 2.22. The van der Waals surface area contributed by atoms with Gasteiger partial charge in [-0.2, -0.15) is 0 Å². The molecule has 0 saturated carbocycles. The lowest BCUT2D eigenvalue weighted by atomic mass is 10.1. The molecule has 0 aliphatic rings. The van der Waals surface area contributed by atoms with E-state index in [0.717, 1.165) is 22.3 Å². The molecule has 3 N–H and O–H groups in total. The van der Waals surface area contributed by atoms with Gasteiger partial charge in [-0.15, -0.1) is 0 Å². The number of benzene rings is 1. The lowest BCUT2D eigenvalue weighted by Gasteiger charge is -2.02. The van der Waals surface area contributed by atoms with Crippen molar-refractivity contribution in [3.05, 3.63) is 30.0 Å². The highest BCUT2D eigenvalue weighted by atomic mass is 16.3. The second kappa shape index (κ2) is 4.59. The second-order valence-corrected chi connectivity index (χ2v) is 4.29. The van der Waals surface area contributed by atoms with Gasteiger partial charge in [-0.1, -0.05) is 6.92 Å². The van der Waals surface area contributed by atoms with Crippen LogP contribution in [0.2, 0.25) is 0 Å². The zero-order valence-corrected chi connectivity index (χ0v) is 9.95. The van der Waals surface area contributed by atoms with Gasteiger partial charge < -0.3 is 15.4 Å². The first-order valence-corrected chi connectivity index (χ1v) is 5.61. The molecular formula is C13H16N2O2. The van der Waals surface area contributed by atoms with Crippen LogP contribution in [-0.2, 0) is 4.79 Å². The molecule has 1 heterocycles. The van der Waals surface area contributed by atoms with Crippen molar-refractivity contribution in [1.82, 2.24) is 4.98 Å². The molecule has 0 saturated heterocycles. The molecule has 4 heteroatoms. The van der Waals surface area contributed by atoms with Crippen molar-refractivity contribution in [3.8, 4) is 0 Å². The number of hydrogen-bond donors (Lipinski definition) is 3. The quantitative estimate of drug-likeness (QED) is 0.759. The summed E-state index contributed by atoms with van der Waals surface area (Å²) in [4.78, 5) is 14.2. The highest BCUT2D eigenvalue weighted by Crippen LogP contribution is 2.23. The van der Waals surface area contributed by atoms with Crippen LogP contribution in [0.4, 0.5) is 5.69 Å². The Balaban J connectivity index is 2.37. The molecule has 1 unspecified atom stereocenters. The summed E-state index contributed by atoms with van der Waals surface area (Å²) in [6.45, 7) is 3.56. The van der Waals surface area contributed by atoms with Gasteiger partial charge in [0.15, 0.2) is 0 Å². The fraction of sp³-hybridized carbons (Fsp3) is 0.308. The van der Waals surface area contributed by atoms with Gasteiger partial charge in [-0.25, -0.2) is 0 Å². The predicted molar refractivity (Wildman–Crippen MR) is 68.1 cm³/mol. The van der Waals surface area contributed by atoms with E-state index in [0.29, 0.717) is 0 Å². The third-order valence-electron chi connectivity index (χ3n) is 2.77. The van der Waals surface area contributed by atoms with Crippen LogP contribution in [0.3, 0.4) is 0 Å². The summed E-state index contributed by atoms with van der Waals surface area (Å²) in [7, 11) is 0. The monoisotopic (exact) mass is 232 g/mol. The van der Waals surface area contributed by atoms with Gasteiger partial charge in [0.25, 0.3) is 0 Å². The molecular weight excluding hydrogens is 216 g/mol. The summed E-state index contributed by atoms with van der Waals surface area (Å²) in [5.41, 5.74) is 2.80. The molecule has 0 spiro atoms. The Morgan fingerprint density at radius 1 is 1.47 bits per heavy atom. The van der Waals surface area contributed by atoms with Crippen molar-refractivity contribution < 1.29 is 9.90 Å². The Morgan fingerprint density at radius 2 is 2.24 bits per heavy atom. The minimum absolute atomic E-state index is 0.0798. The first-order chi connectivity index (χ1) is 8.10. The Kier molecular flexibility index (Phi) is 3.15. The van der Waals surface area contributed by atoms with Crippen molar-refractivity contribution in [2.75, 3.05) is 11.9 Å². The average molecular weight is 232 g/mol. The van der Waals surface area contributed by atoms with Gasteiger partial charge in [0.2, 0.25) is 5.91 Å².